The third kappa shape index (κ3) is 8.17. The van der Waals surface area contributed by atoms with E-state index in [1.54, 1.807) is 18.7 Å². The monoisotopic (exact) mass is 274 g/mol. The normalized spacial score (nSPS) is 11.7. The van der Waals surface area contributed by atoms with Gasteiger partial charge in [0.2, 0.25) is 0 Å². The van der Waals surface area contributed by atoms with Crippen molar-refractivity contribution in [3.63, 3.8) is 0 Å². The van der Waals surface area contributed by atoms with Gasteiger partial charge in [0.1, 0.15) is 13.2 Å². The molecule has 0 aromatic heterocycles. The van der Waals surface area contributed by atoms with E-state index in [0.29, 0.717) is 5.57 Å². The van der Waals surface area contributed by atoms with Crippen LogP contribution in [0.3, 0.4) is 0 Å². The lowest BCUT2D eigenvalue weighted by atomic mass is 10.2. The highest BCUT2D eigenvalue weighted by atomic mass is 32.2. The van der Waals surface area contributed by atoms with Crippen molar-refractivity contribution in [2.75, 3.05) is 24.7 Å². The number of hydrogen-bond acceptors (Lipinski definition) is 5. The molecule has 104 valence electrons. The first-order valence-electron chi connectivity index (χ1n) is 6.06. The van der Waals surface area contributed by atoms with E-state index in [1.165, 1.54) is 0 Å². The molecule has 0 N–H and O–H groups in total. The molecule has 0 aliphatic heterocycles. The Morgan fingerprint density at radius 2 is 1.89 bits per heavy atom. The minimum Gasteiger partial charge on any atom is -0.462 e. The predicted octanol–water partition coefficient (Wildman–Crippen LogP) is 2.43. The van der Waals surface area contributed by atoms with Crippen LogP contribution >= 0.6 is 11.8 Å². The molecule has 0 aliphatic rings. The van der Waals surface area contributed by atoms with E-state index in [9.17, 15) is 9.59 Å². The second kappa shape index (κ2) is 10.00. The van der Waals surface area contributed by atoms with Crippen LogP contribution in [-0.2, 0) is 19.1 Å². The number of rotatable bonds is 9. The zero-order chi connectivity index (χ0) is 14.0. The number of esters is 2. The Morgan fingerprint density at radius 3 is 2.44 bits per heavy atom. The van der Waals surface area contributed by atoms with E-state index in [1.807, 2.05) is 6.92 Å². The van der Waals surface area contributed by atoms with Crippen LogP contribution in [0.15, 0.2) is 12.2 Å². The van der Waals surface area contributed by atoms with Crippen molar-refractivity contribution in [3.05, 3.63) is 12.2 Å². The van der Waals surface area contributed by atoms with Crippen molar-refractivity contribution in [1.82, 2.24) is 0 Å². The maximum atomic E-state index is 11.5. The zero-order valence-corrected chi connectivity index (χ0v) is 12.2. The Hall–Kier alpha value is -0.970. The van der Waals surface area contributed by atoms with E-state index in [2.05, 4.69) is 13.5 Å². The molecular formula is C13H22O4S. The molecule has 18 heavy (non-hydrogen) atoms. The van der Waals surface area contributed by atoms with Gasteiger partial charge in [0.05, 0.1) is 5.92 Å². The number of hydrogen-bond donors (Lipinski definition) is 0. The van der Waals surface area contributed by atoms with Gasteiger partial charge >= 0.3 is 11.9 Å². The first-order chi connectivity index (χ1) is 8.49. The summed E-state index contributed by atoms with van der Waals surface area (Å²) >= 11 is 1.74. The number of carbonyl (C=O) groups is 2. The van der Waals surface area contributed by atoms with Gasteiger partial charge in [-0.2, -0.15) is 11.8 Å². The molecule has 0 rings (SSSR count). The molecule has 0 fully saturated rings. The van der Waals surface area contributed by atoms with E-state index in [0.717, 1.165) is 17.9 Å². The molecule has 5 heteroatoms. The van der Waals surface area contributed by atoms with Gasteiger partial charge in [-0.25, -0.2) is 4.79 Å². The summed E-state index contributed by atoms with van der Waals surface area (Å²) < 4.78 is 9.82. The standard InChI is InChI=1S/C13H22O4S/c1-5-8-18-9-11(4)13(15)17-7-6-16-12(14)10(2)3/h11H,2,5-9H2,1,3-4H3. The molecule has 1 unspecified atom stereocenters. The highest BCUT2D eigenvalue weighted by molar-refractivity contribution is 7.99. The van der Waals surface area contributed by atoms with Gasteiger partial charge in [-0.1, -0.05) is 20.4 Å². The minimum atomic E-state index is -0.461. The van der Waals surface area contributed by atoms with Gasteiger partial charge in [-0.15, -0.1) is 0 Å². The second-order valence-corrected chi connectivity index (χ2v) is 5.21. The molecule has 4 nitrogen and oxygen atoms in total. The fraction of sp³-hybridized carbons (Fsp3) is 0.692. The second-order valence-electron chi connectivity index (χ2n) is 4.06. The summed E-state index contributed by atoms with van der Waals surface area (Å²) in [7, 11) is 0. The molecule has 0 radical (unpaired) electrons. The lowest BCUT2D eigenvalue weighted by Crippen LogP contribution is -2.20. The maximum Gasteiger partial charge on any atom is 0.333 e. The molecule has 1 atom stereocenters. The predicted molar refractivity (Wildman–Crippen MR) is 73.5 cm³/mol. The van der Waals surface area contributed by atoms with Crippen molar-refractivity contribution < 1.29 is 19.1 Å². The highest BCUT2D eigenvalue weighted by Crippen LogP contribution is 2.10. The van der Waals surface area contributed by atoms with Crippen LogP contribution in [0.4, 0.5) is 0 Å². The van der Waals surface area contributed by atoms with Crippen LogP contribution in [0, 0.1) is 5.92 Å². The van der Waals surface area contributed by atoms with Crippen LogP contribution in [0.25, 0.3) is 0 Å². The Balaban J connectivity index is 3.63. The molecule has 0 heterocycles. The molecule has 0 aromatic carbocycles. The smallest absolute Gasteiger partial charge is 0.333 e. The molecule has 0 amide bonds. The fourth-order valence-corrected chi connectivity index (χ4v) is 1.96. The molecule has 0 aromatic rings. The van der Waals surface area contributed by atoms with Crippen LogP contribution in [-0.4, -0.2) is 36.7 Å². The third-order valence-electron chi connectivity index (χ3n) is 2.03. The SMILES string of the molecule is C=C(C)C(=O)OCCOC(=O)C(C)CSCCC. The highest BCUT2D eigenvalue weighted by Gasteiger charge is 2.14. The summed E-state index contributed by atoms with van der Waals surface area (Å²) in [6.07, 6.45) is 1.10. The van der Waals surface area contributed by atoms with Gasteiger partial charge in [0.15, 0.2) is 0 Å². The summed E-state index contributed by atoms with van der Waals surface area (Å²) in [6.45, 7) is 9.14. The van der Waals surface area contributed by atoms with E-state index in [4.69, 9.17) is 9.47 Å². The van der Waals surface area contributed by atoms with Crippen LogP contribution < -0.4 is 0 Å². The van der Waals surface area contributed by atoms with Crippen molar-refractivity contribution in [1.29, 1.82) is 0 Å². The maximum absolute atomic E-state index is 11.5. The summed E-state index contributed by atoms with van der Waals surface area (Å²) in [5.74, 6) is 0.979. The van der Waals surface area contributed by atoms with E-state index < -0.39 is 5.97 Å². The topological polar surface area (TPSA) is 52.6 Å². The quantitative estimate of drug-likeness (QED) is 0.367. The van der Waals surface area contributed by atoms with Crippen molar-refractivity contribution >= 4 is 23.7 Å². The van der Waals surface area contributed by atoms with Gasteiger partial charge in [0.25, 0.3) is 0 Å². The Kier molecular flexibility index (Phi) is 9.46. The average molecular weight is 274 g/mol. The van der Waals surface area contributed by atoms with Gasteiger partial charge in [0, 0.05) is 11.3 Å². The van der Waals surface area contributed by atoms with Crippen LogP contribution in [0.2, 0.25) is 0 Å². The van der Waals surface area contributed by atoms with Crippen LogP contribution in [0.5, 0.6) is 0 Å². The summed E-state index contributed by atoms with van der Waals surface area (Å²) in [4.78, 5) is 22.6. The number of ether oxygens (including phenoxy) is 2. The van der Waals surface area contributed by atoms with E-state index in [-0.39, 0.29) is 25.1 Å². The number of thioether (sulfide) groups is 1. The third-order valence-corrected chi connectivity index (χ3v) is 3.46. The summed E-state index contributed by atoms with van der Waals surface area (Å²) in [6, 6.07) is 0. The Labute approximate surface area is 113 Å². The average Bonchev–Trinajstić information content (AvgIpc) is 2.33. The lowest BCUT2D eigenvalue weighted by molar-refractivity contribution is -0.152. The molecule has 0 saturated carbocycles. The molecule has 0 aliphatic carbocycles. The van der Waals surface area contributed by atoms with Crippen molar-refractivity contribution in [3.8, 4) is 0 Å². The largest absolute Gasteiger partial charge is 0.462 e. The van der Waals surface area contributed by atoms with Gasteiger partial charge < -0.3 is 9.47 Å². The van der Waals surface area contributed by atoms with Crippen molar-refractivity contribution in [2.45, 2.75) is 27.2 Å². The first kappa shape index (κ1) is 17.0. The van der Waals surface area contributed by atoms with Gasteiger partial charge in [-0.3, -0.25) is 4.79 Å². The van der Waals surface area contributed by atoms with E-state index >= 15 is 0 Å². The molecule has 0 bridgehead atoms. The van der Waals surface area contributed by atoms with Gasteiger partial charge in [-0.05, 0) is 19.1 Å². The summed E-state index contributed by atoms with van der Waals surface area (Å²) in [5.41, 5.74) is 0.339. The first-order valence-corrected chi connectivity index (χ1v) is 7.21. The lowest BCUT2D eigenvalue weighted by Gasteiger charge is -2.11. The summed E-state index contributed by atoms with van der Waals surface area (Å²) in [5, 5.41) is 0. The minimum absolute atomic E-state index is 0.0757. The number of carbonyl (C=O) groups excluding carboxylic acids is 2. The molecule has 0 spiro atoms. The Morgan fingerprint density at radius 1 is 1.28 bits per heavy atom. The van der Waals surface area contributed by atoms with Crippen LogP contribution in [0.1, 0.15) is 27.2 Å². The zero-order valence-electron chi connectivity index (χ0n) is 11.4. The fourth-order valence-electron chi connectivity index (χ4n) is 1.01. The van der Waals surface area contributed by atoms with Crippen molar-refractivity contribution in [2.24, 2.45) is 5.92 Å². The molecular weight excluding hydrogens is 252 g/mol. The Bertz CT molecular complexity index is 289. The molecule has 0 saturated heterocycles.